The van der Waals surface area contributed by atoms with Crippen molar-refractivity contribution >= 4 is 53.7 Å². The van der Waals surface area contributed by atoms with Gasteiger partial charge in [-0.3, -0.25) is 0 Å². The lowest BCUT2D eigenvalue weighted by molar-refractivity contribution is 0.0859. The van der Waals surface area contributed by atoms with Gasteiger partial charge in [0.1, 0.15) is 11.6 Å². The second-order valence-electron chi connectivity index (χ2n) is 7.25. The van der Waals surface area contributed by atoms with Crippen LogP contribution in [0.1, 0.15) is 11.4 Å². The van der Waals surface area contributed by atoms with Gasteiger partial charge in [0.2, 0.25) is 0 Å². The standard InChI is InChI=1S/2C11H9BrFNO/c2*12-11-8-2-1-7(13)5-9(8)14-3-4-15-6-10(11)14/h2*1-2,5H,3-4,6H2. The van der Waals surface area contributed by atoms with Crippen molar-refractivity contribution in [1.29, 1.82) is 0 Å². The maximum Gasteiger partial charge on any atom is 0.125 e. The average Bonchev–Trinajstić information content (AvgIpc) is 3.21. The van der Waals surface area contributed by atoms with Crippen LogP contribution in [0.3, 0.4) is 0 Å². The minimum Gasteiger partial charge on any atom is -0.373 e. The van der Waals surface area contributed by atoms with Gasteiger partial charge >= 0.3 is 0 Å². The summed E-state index contributed by atoms with van der Waals surface area (Å²) in [5, 5.41) is 2.11. The van der Waals surface area contributed by atoms with E-state index >= 15 is 0 Å². The zero-order valence-corrected chi connectivity index (χ0v) is 19.1. The Bertz CT molecular complexity index is 1170. The number of fused-ring (bicyclic) bond motifs is 6. The molecule has 0 atom stereocenters. The van der Waals surface area contributed by atoms with E-state index in [0.29, 0.717) is 26.4 Å². The van der Waals surface area contributed by atoms with Crippen LogP contribution in [0.4, 0.5) is 8.78 Å². The summed E-state index contributed by atoms with van der Waals surface area (Å²) in [6.07, 6.45) is 0. The summed E-state index contributed by atoms with van der Waals surface area (Å²) in [7, 11) is 0. The highest BCUT2D eigenvalue weighted by Crippen LogP contribution is 2.34. The quantitative estimate of drug-likeness (QED) is 0.268. The molecule has 0 saturated heterocycles. The van der Waals surface area contributed by atoms with E-state index < -0.39 is 0 Å². The Kier molecular flexibility index (Phi) is 5.43. The van der Waals surface area contributed by atoms with E-state index in [9.17, 15) is 8.78 Å². The van der Waals surface area contributed by atoms with Gasteiger partial charge in [-0.1, -0.05) is 0 Å². The minimum atomic E-state index is -0.193. The molecule has 2 aliphatic heterocycles. The summed E-state index contributed by atoms with van der Waals surface area (Å²) in [5.74, 6) is -0.386. The highest BCUT2D eigenvalue weighted by molar-refractivity contribution is 9.11. The average molecular weight is 540 g/mol. The van der Waals surface area contributed by atoms with E-state index in [1.807, 2.05) is 0 Å². The number of aromatic nitrogens is 2. The van der Waals surface area contributed by atoms with E-state index in [1.54, 1.807) is 24.3 Å². The number of nitrogens with zero attached hydrogens (tertiary/aromatic N) is 2. The molecule has 0 N–H and O–H groups in total. The minimum absolute atomic E-state index is 0.193. The molecule has 6 rings (SSSR count). The molecule has 4 heterocycles. The first-order chi connectivity index (χ1) is 14.5. The van der Waals surface area contributed by atoms with Crippen LogP contribution in [0.5, 0.6) is 0 Å². The highest BCUT2D eigenvalue weighted by atomic mass is 79.9. The van der Waals surface area contributed by atoms with Crippen LogP contribution >= 0.6 is 31.9 Å². The Labute approximate surface area is 188 Å². The van der Waals surface area contributed by atoms with Gasteiger partial charge in [0.05, 0.1) is 48.8 Å². The van der Waals surface area contributed by atoms with Crippen LogP contribution in [-0.4, -0.2) is 22.3 Å². The molecule has 0 unspecified atom stereocenters. The van der Waals surface area contributed by atoms with Gasteiger partial charge in [0, 0.05) is 32.8 Å². The van der Waals surface area contributed by atoms with Crippen molar-refractivity contribution in [3.63, 3.8) is 0 Å². The SMILES string of the molecule is Fc1ccc2c(Br)c3n(c2c1)CCOC3.Fc1ccc2c(Br)c3n(c2c1)CCOC3. The van der Waals surface area contributed by atoms with E-state index in [0.717, 1.165) is 55.2 Å². The molecule has 0 aliphatic carbocycles. The van der Waals surface area contributed by atoms with Gasteiger partial charge in [0.25, 0.3) is 0 Å². The molecule has 0 radical (unpaired) electrons. The third-order valence-electron chi connectivity index (χ3n) is 5.53. The first kappa shape index (κ1) is 20.2. The van der Waals surface area contributed by atoms with Gasteiger partial charge in [-0.05, 0) is 68.3 Å². The zero-order valence-electron chi connectivity index (χ0n) is 15.9. The van der Waals surface area contributed by atoms with Crippen molar-refractivity contribution in [2.45, 2.75) is 26.3 Å². The van der Waals surface area contributed by atoms with Crippen LogP contribution in [0.25, 0.3) is 21.8 Å². The Morgan fingerprint density at radius 2 is 1.13 bits per heavy atom. The maximum absolute atomic E-state index is 13.2. The predicted molar refractivity (Wildman–Crippen MR) is 119 cm³/mol. The Morgan fingerprint density at radius 3 is 1.57 bits per heavy atom. The number of rotatable bonds is 0. The van der Waals surface area contributed by atoms with Gasteiger partial charge in [-0.25, -0.2) is 8.78 Å². The summed E-state index contributed by atoms with van der Waals surface area (Å²) < 4.78 is 43.4. The van der Waals surface area contributed by atoms with E-state index in [1.165, 1.54) is 12.1 Å². The number of benzene rings is 2. The van der Waals surface area contributed by atoms with Crippen LogP contribution in [0, 0.1) is 11.6 Å². The fourth-order valence-electron chi connectivity index (χ4n) is 4.11. The summed E-state index contributed by atoms with van der Waals surface area (Å²) in [5.41, 5.74) is 4.09. The molecule has 2 aliphatic rings. The lowest BCUT2D eigenvalue weighted by atomic mass is 10.2. The predicted octanol–water partition coefficient (Wildman–Crippen LogP) is 6.15. The molecule has 2 aromatic heterocycles. The maximum atomic E-state index is 13.2. The van der Waals surface area contributed by atoms with E-state index in [-0.39, 0.29) is 11.6 Å². The summed E-state index contributed by atoms with van der Waals surface area (Å²) in [6, 6.07) is 9.74. The smallest absolute Gasteiger partial charge is 0.125 e. The number of hydrogen-bond acceptors (Lipinski definition) is 2. The van der Waals surface area contributed by atoms with Crippen molar-refractivity contribution in [3.05, 3.63) is 68.4 Å². The topological polar surface area (TPSA) is 28.3 Å². The van der Waals surface area contributed by atoms with Gasteiger partial charge in [-0.2, -0.15) is 0 Å². The first-order valence-electron chi connectivity index (χ1n) is 9.62. The van der Waals surface area contributed by atoms with Crippen molar-refractivity contribution in [3.8, 4) is 0 Å². The van der Waals surface area contributed by atoms with Crippen LogP contribution in [0.2, 0.25) is 0 Å². The number of hydrogen-bond donors (Lipinski definition) is 0. The molecule has 2 aromatic carbocycles. The Morgan fingerprint density at radius 1 is 0.700 bits per heavy atom. The van der Waals surface area contributed by atoms with E-state index in [4.69, 9.17) is 9.47 Å². The normalized spacial score (nSPS) is 15.6. The van der Waals surface area contributed by atoms with Crippen LogP contribution in [0.15, 0.2) is 45.3 Å². The van der Waals surface area contributed by atoms with Crippen molar-refractivity contribution in [1.82, 2.24) is 9.13 Å². The highest BCUT2D eigenvalue weighted by Gasteiger charge is 2.19. The molecule has 0 saturated carbocycles. The van der Waals surface area contributed by atoms with Gasteiger partial charge in [0.15, 0.2) is 0 Å². The van der Waals surface area contributed by atoms with Crippen LogP contribution < -0.4 is 0 Å². The van der Waals surface area contributed by atoms with Gasteiger partial charge < -0.3 is 18.6 Å². The third kappa shape index (κ3) is 3.39. The fourth-order valence-corrected chi connectivity index (χ4v) is 5.44. The molecular formula is C22H18Br2F2N2O2. The number of halogens is 4. The molecule has 30 heavy (non-hydrogen) atoms. The molecule has 4 aromatic rings. The lowest BCUT2D eigenvalue weighted by Gasteiger charge is -2.16. The Hall–Kier alpha value is -1.74. The lowest BCUT2D eigenvalue weighted by Crippen LogP contribution is -2.15. The molecule has 0 amide bonds. The summed E-state index contributed by atoms with van der Waals surface area (Å²) in [6.45, 7) is 4.16. The molecular weight excluding hydrogens is 522 g/mol. The summed E-state index contributed by atoms with van der Waals surface area (Å²) in [4.78, 5) is 0. The summed E-state index contributed by atoms with van der Waals surface area (Å²) >= 11 is 7.08. The van der Waals surface area contributed by atoms with E-state index in [2.05, 4.69) is 41.0 Å². The fraction of sp³-hybridized carbons (Fsp3) is 0.273. The third-order valence-corrected chi connectivity index (χ3v) is 7.30. The first-order valence-corrected chi connectivity index (χ1v) is 11.2. The number of ether oxygens (including phenoxy) is 2. The molecule has 4 nitrogen and oxygen atoms in total. The zero-order chi connectivity index (χ0) is 20.8. The molecule has 156 valence electrons. The van der Waals surface area contributed by atoms with Crippen LogP contribution in [-0.2, 0) is 35.8 Å². The second kappa shape index (κ2) is 8.07. The molecule has 0 spiro atoms. The second-order valence-corrected chi connectivity index (χ2v) is 8.84. The van der Waals surface area contributed by atoms with Crippen molar-refractivity contribution in [2.75, 3.05) is 13.2 Å². The molecule has 0 bridgehead atoms. The van der Waals surface area contributed by atoms with Crippen molar-refractivity contribution < 1.29 is 18.3 Å². The Balaban J connectivity index is 0.000000128. The monoisotopic (exact) mass is 538 g/mol. The largest absolute Gasteiger partial charge is 0.373 e. The molecule has 8 heteroatoms. The molecule has 0 fully saturated rings. The van der Waals surface area contributed by atoms with Gasteiger partial charge in [-0.15, -0.1) is 0 Å². The van der Waals surface area contributed by atoms with Crippen molar-refractivity contribution in [2.24, 2.45) is 0 Å².